The second kappa shape index (κ2) is 21.4. The number of carbonyl (C=O) groups is 4. The quantitative estimate of drug-likeness (QED) is 0.0953. The Kier molecular flexibility index (Phi) is 14.9. The Morgan fingerprint density at radius 3 is 2.41 bits per heavy atom. The molecule has 5 aromatic rings. The summed E-state index contributed by atoms with van der Waals surface area (Å²) in [6, 6.07) is 17.8. The van der Waals surface area contributed by atoms with E-state index in [1.165, 1.54) is 30.5 Å². The Balaban J connectivity index is 0.729. The SMILES string of the molecule is COc1ccc(C(=O)N2CCC(CCN3CCC(OCc4ccc(-c5cc6c(-c7cc(F)cc(CC(=O)N8C[C@@H](CC(C)C)[C@H](O)C8)c7C)ncnc6[nH]5)cc4)CC3)CC2)cc1N1CCC(=O)NC1=O. The maximum absolute atomic E-state index is 15.3. The van der Waals surface area contributed by atoms with Crippen LogP contribution in [0.4, 0.5) is 14.9 Å². The molecule has 4 aliphatic rings. The van der Waals surface area contributed by atoms with Crippen molar-refractivity contribution in [2.45, 2.75) is 91.0 Å². The molecular weight excluding hydrogens is 892 g/mol. The summed E-state index contributed by atoms with van der Waals surface area (Å²) in [4.78, 5) is 71.4. The van der Waals surface area contributed by atoms with Gasteiger partial charge in [-0.3, -0.25) is 24.6 Å². The number of nitrogens with one attached hydrogen (secondary N) is 2. The van der Waals surface area contributed by atoms with E-state index in [-0.39, 0.29) is 49.1 Å². The molecule has 4 aliphatic heterocycles. The second-order valence-electron chi connectivity index (χ2n) is 20.1. The normalized spacial score (nSPS) is 19.7. The standard InChI is InChI=1S/C54H65FN8O7/c1-33(2)23-40-29-62(30-47(40)64)50(66)26-39-24-41(55)27-43(34(39)3)51-44-28-45(58-52(44)57-32-56-51)37-7-5-36(6-8-37)31-70-42-14-18-60(19-15-42)17-11-35-12-20-61(21-13-35)53(67)38-9-10-48(69-4)46(25-38)63-22-16-49(65)59-54(63)68/h5-10,24-25,27-28,32-33,35,40,42,47,64H,11-23,26,29-31H2,1-4H3,(H,56,57,58)(H,59,65,68)/t40-,47-/m1/s1. The number of H-pyrrole nitrogens is 1. The molecule has 4 saturated heterocycles. The maximum Gasteiger partial charge on any atom is 0.328 e. The van der Waals surface area contributed by atoms with Gasteiger partial charge in [-0.15, -0.1) is 0 Å². The zero-order valence-electron chi connectivity index (χ0n) is 40.7. The highest BCUT2D eigenvalue weighted by atomic mass is 19.1. The number of urea groups is 1. The summed E-state index contributed by atoms with van der Waals surface area (Å²) < 4.78 is 27.2. The minimum Gasteiger partial charge on any atom is -0.495 e. The average Bonchev–Trinajstić information content (AvgIpc) is 3.97. The maximum atomic E-state index is 15.3. The van der Waals surface area contributed by atoms with Crippen LogP contribution in [0.15, 0.2) is 67.0 Å². The van der Waals surface area contributed by atoms with E-state index in [2.05, 4.69) is 63.3 Å². The van der Waals surface area contributed by atoms with Crippen LogP contribution in [0, 0.1) is 30.5 Å². The first-order chi connectivity index (χ1) is 33.8. The third kappa shape index (κ3) is 11.0. The Labute approximate surface area is 408 Å². The van der Waals surface area contributed by atoms with Gasteiger partial charge in [0.2, 0.25) is 11.8 Å². The van der Waals surface area contributed by atoms with Crippen molar-refractivity contribution < 1.29 is 38.1 Å². The van der Waals surface area contributed by atoms with E-state index in [0.717, 1.165) is 85.9 Å². The van der Waals surface area contributed by atoms with E-state index in [0.29, 0.717) is 84.1 Å². The molecule has 16 heteroatoms. The summed E-state index contributed by atoms with van der Waals surface area (Å²) in [5.74, 6) is 0.550. The molecule has 4 fully saturated rings. The molecule has 9 rings (SSSR count). The Morgan fingerprint density at radius 2 is 1.69 bits per heavy atom. The van der Waals surface area contributed by atoms with E-state index in [1.807, 2.05) is 17.9 Å². The van der Waals surface area contributed by atoms with Gasteiger partial charge < -0.3 is 34.3 Å². The molecule has 3 N–H and O–H groups in total. The molecule has 70 heavy (non-hydrogen) atoms. The van der Waals surface area contributed by atoms with Crippen molar-refractivity contribution >= 4 is 40.5 Å². The predicted octanol–water partition coefficient (Wildman–Crippen LogP) is 7.53. The van der Waals surface area contributed by atoms with E-state index in [4.69, 9.17) is 9.47 Å². The predicted molar refractivity (Wildman–Crippen MR) is 265 cm³/mol. The van der Waals surface area contributed by atoms with Gasteiger partial charge in [-0.1, -0.05) is 38.1 Å². The number of piperidine rings is 2. The van der Waals surface area contributed by atoms with Crippen LogP contribution in [0.25, 0.3) is 33.5 Å². The summed E-state index contributed by atoms with van der Waals surface area (Å²) in [5, 5.41) is 13.7. The van der Waals surface area contributed by atoms with Crippen molar-refractivity contribution in [3.05, 3.63) is 95.1 Å². The molecule has 0 spiro atoms. The second-order valence-corrected chi connectivity index (χ2v) is 20.1. The van der Waals surface area contributed by atoms with E-state index in [1.54, 1.807) is 23.1 Å². The Hall–Kier alpha value is -6.23. The number of hydrogen-bond donors (Lipinski definition) is 3. The van der Waals surface area contributed by atoms with Crippen LogP contribution < -0.4 is 15.0 Å². The molecule has 6 heterocycles. The minimum atomic E-state index is -0.546. The number of likely N-dealkylation sites (tertiary alicyclic amines) is 3. The number of aromatic amines is 1. The molecule has 370 valence electrons. The monoisotopic (exact) mass is 956 g/mol. The van der Waals surface area contributed by atoms with Gasteiger partial charge in [0, 0.05) is 80.4 Å². The highest BCUT2D eigenvalue weighted by Crippen LogP contribution is 2.35. The lowest BCUT2D eigenvalue weighted by molar-refractivity contribution is -0.129. The summed E-state index contributed by atoms with van der Waals surface area (Å²) in [5.41, 5.74) is 7.11. The zero-order chi connectivity index (χ0) is 49.1. The summed E-state index contributed by atoms with van der Waals surface area (Å²) in [7, 11) is 1.52. The number of rotatable bonds is 15. The number of fused-ring (bicyclic) bond motifs is 1. The number of ether oxygens (including phenoxy) is 2. The lowest BCUT2D eigenvalue weighted by Crippen LogP contribution is -2.49. The Morgan fingerprint density at radius 1 is 0.914 bits per heavy atom. The summed E-state index contributed by atoms with van der Waals surface area (Å²) >= 11 is 0. The zero-order valence-corrected chi connectivity index (χ0v) is 40.7. The highest BCUT2D eigenvalue weighted by Gasteiger charge is 2.35. The van der Waals surface area contributed by atoms with E-state index < -0.39 is 18.0 Å². The molecule has 2 atom stereocenters. The largest absolute Gasteiger partial charge is 0.495 e. The number of β-amino-alcohol motifs (C(OH)–C–C–N with tert-alkyl or cyclic N) is 1. The fraction of sp³-hybridized carbons (Fsp3) is 0.481. The van der Waals surface area contributed by atoms with Gasteiger partial charge in [0.05, 0.1) is 43.7 Å². The lowest BCUT2D eigenvalue weighted by atomic mass is 9.92. The number of aromatic nitrogens is 3. The molecule has 0 radical (unpaired) electrons. The number of halogens is 1. The molecule has 2 aromatic heterocycles. The third-order valence-electron chi connectivity index (χ3n) is 14.8. The van der Waals surface area contributed by atoms with Crippen molar-refractivity contribution in [3.8, 4) is 28.3 Å². The molecule has 0 unspecified atom stereocenters. The van der Waals surface area contributed by atoms with Gasteiger partial charge in [0.1, 0.15) is 23.5 Å². The number of methoxy groups -OCH3 is 1. The van der Waals surface area contributed by atoms with Gasteiger partial charge in [-0.05, 0) is 122 Å². The molecule has 15 nitrogen and oxygen atoms in total. The first kappa shape index (κ1) is 48.8. The van der Waals surface area contributed by atoms with Gasteiger partial charge in [-0.25, -0.2) is 19.2 Å². The number of aliphatic hydroxyl groups excluding tert-OH is 1. The topological polar surface area (TPSA) is 174 Å². The Bertz CT molecular complexity index is 2710. The van der Waals surface area contributed by atoms with Crippen molar-refractivity contribution in [1.29, 1.82) is 0 Å². The molecule has 0 saturated carbocycles. The van der Waals surface area contributed by atoms with Crippen molar-refractivity contribution in [1.82, 2.24) is 35.0 Å². The van der Waals surface area contributed by atoms with E-state index >= 15 is 4.39 Å². The minimum absolute atomic E-state index is 0.0420. The fourth-order valence-electron chi connectivity index (χ4n) is 10.7. The van der Waals surface area contributed by atoms with E-state index in [9.17, 15) is 24.3 Å². The first-order valence-electron chi connectivity index (χ1n) is 24.9. The number of hydrogen-bond acceptors (Lipinski definition) is 10. The average molecular weight is 957 g/mol. The van der Waals surface area contributed by atoms with Crippen LogP contribution in [0.3, 0.4) is 0 Å². The number of imide groups is 1. The van der Waals surface area contributed by atoms with Crippen LogP contribution in [-0.4, -0.2) is 130 Å². The van der Waals surface area contributed by atoms with Crippen molar-refractivity contribution in [2.24, 2.45) is 17.8 Å². The van der Waals surface area contributed by atoms with Crippen LogP contribution in [0.5, 0.6) is 5.75 Å². The first-order valence-corrected chi connectivity index (χ1v) is 24.9. The van der Waals surface area contributed by atoms with Crippen molar-refractivity contribution in [2.75, 3.05) is 64.4 Å². The van der Waals surface area contributed by atoms with Crippen LogP contribution in [0.2, 0.25) is 0 Å². The molecule has 0 bridgehead atoms. The van der Waals surface area contributed by atoms with Crippen LogP contribution >= 0.6 is 0 Å². The molecule has 0 aliphatic carbocycles. The summed E-state index contributed by atoms with van der Waals surface area (Å²) in [6.45, 7) is 12.1. The third-order valence-corrected chi connectivity index (χ3v) is 14.8. The number of aliphatic hydroxyl groups is 1. The number of amides is 5. The van der Waals surface area contributed by atoms with Crippen molar-refractivity contribution in [3.63, 3.8) is 0 Å². The summed E-state index contributed by atoms with van der Waals surface area (Å²) in [6.07, 6.45) is 7.15. The van der Waals surface area contributed by atoms with Gasteiger partial charge in [-0.2, -0.15) is 0 Å². The smallest absolute Gasteiger partial charge is 0.328 e. The number of anilines is 1. The van der Waals surface area contributed by atoms with Crippen LogP contribution in [-0.2, 0) is 27.4 Å². The number of carbonyl (C=O) groups excluding carboxylic acids is 4. The fourth-order valence-corrected chi connectivity index (χ4v) is 10.7. The van der Waals surface area contributed by atoms with Gasteiger partial charge in [0.15, 0.2) is 0 Å². The van der Waals surface area contributed by atoms with Gasteiger partial charge >= 0.3 is 6.03 Å². The van der Waals surface area contributed by atoms with Gasteiger partial charge in [0.25, 0.3) is 5.91 Å². The number of benzene rings is 3. The molecule has 3 aromatic carbocycles. The number of nitrogens with zero attached hydrogens (tertiary/aromatic N) is 6. The highest BCUT2D eigenvalue weighted by molar-refractivity contribution is 6.07. The lowest BCUT2D eigenvalue weighted by Gasteiger charge is -2.35. The molecule has 5 amide bonds. The van der Waals surface area contributed by atoms with Crippen LogP contribution in [0.1, 0.15) is 85.8 Å². The molecular formula is C54H65FN8O7.